The normalized spacial score (nSPS) is 32.8. The number of nitrogens with zero attached hydrogens (tertiary/aromatic N) is 2. The first kappa shape index (κ1) is 16.1. The quantitative estimate of drug-likeness (QED) is 0.866. The summed E-state index contributed by atoms with van der Waals surface area (Å²) in [4.78, 5) is 17.0. The Hall–Kier alpha value is -0.810. The molecule has 0 aliphatic carbocycles. The van der Waals surface area contributed by atoms with Gasteiger partial charge in [-0.1, -0.05) is 19.8 Å². The Balaban J connectivity index is 1.52. The van der Waals surface area contributed by atoms with Crippen LogP contribution in [0.4, 0.5) is 4.79 Å². The molecular formula is C17H31N3O2. The second-order valence-corrected chi connectivity index (χ2v) is 7.05. The lowest BCUT2D eigenvalue weighted by molar-refractivity contribution is 0.0213. The molecule has 2 bridgehead atoms. The van der Waals surface area contributed by atoms with Gasteiger partial charge in [0.05, 0.1) is 13.2 Å². The summed E-state index contributed by atoms with van der Waals surface area (Å²) in [5.41, 5.74) is 0. The number of carbonyl (C=O) groups excluding carboxylic acids is 1. The molecule has 5 heteroatoms. The minimum atomic E-state index is 0.119. The van der Waals surface area contributed by atoms with Crippen molar-refractivity contribution in [2.75, 3.05) is 32.8 Å². The SMILES string of the molecule is CCCCN1C2CCCC1CC(NC(=O)N1CCOCC1)C2. The summed E-state index contributed by atoms with van der Waals surface area (Å²) in [5.74, 6) is 0. The highest BCUT2D eigenvalue weighted by atomic mass is 16.5. The number of morpholine rings is 1. The summed E-state index contributed by atoms with van der Waals surface area (Å²) in [5, 5.41) is 3.30. The molecule has 0 radical (unpaired) electrons. The predicted octanol–water partition coefficient (Wildman–Crippen LogP) is 2.21. The smallest absolute Gasteiger partial charge is 0.317 e. The zero-order valence-electron chi connectivity index (χ0n) is 13.9. The number of carbonyl (C=O) groups is 1. The third-order valence-electron chi connectivity index (χ3n) is 5.52. The van der Waals surface area contributed by atoms with Gasteiger partial charge in [0.1, 0.15) is 0 Å². The first-order chi connectivity index (χ1) is 10.8. The second kappa shape index (κ2) is 7.64. The molecule has 3 aliphatic rings. The molecule has 126 valence electrons. The Labute approximate surface area is 134 Å². The third-order valence-corrected chi connectivity index (χ3v) is 5.52. The predicted molar refractivity (Wildman–Crippen MR) is 87.0 cm³/mol. The molecule has 3 heterocycles. The number of hydrogen-bond donors (Lipinski definition) is 1. The molecule has 0 spiro atoms. The molecule has 3 fully saturated rings. The van der Waals surface area contributed by atoms with Gasteiger partial charge in [-0.15, -0.1) is 0 Å². The van der Waals surface area contributed by atoms with Gasteiger partial charge in [-0.3, -0.25) is 4.90 Å². The molecule has 22 heavy (non-hydrogen) atoms. The van der Waals surface area contributed by atoms with Gasteiger partial charge < -0.3 is 15.0 Å². The fourth-order valence-corrected chi connectivity index (χ4v) is 4.33. The maximum atomic E-state index is 12.4. The summed E-state index contributed by atoms with van der Waals surface area (Å²) in [6.45, 7) is 6.32. The van der Waals surface area contributed by atoms with Gasteiger partial charge in [-0.25, -0.2) is 4.79 Å². The molecule has 2 amide bonds. The van der Waals surface area contributed by atoms with Crippen molar-refractivity contribution in [1.82, 2.24) is 15.1 Å². The van der Waals surface area contributed by atoms with Gasteiger partial charge in [0.15, 0.2) is 0 Å². The number of nitrogens with one attached hydrogen (secondary N) is 1. The first-order valence-corrected chi connectivity index (χ1v) is 9.17. The van der Waals surface area contributed by atoms with Crippen LogP contribution in [-0.2, 0) is 4.74 Å². The number of amides is 2. The summed E-state index contributed by atoms with van der Waals surface area (Å²) in [7, 11) is 0. The highest BCUT2D eigenvalue weighted by Crippen LogP contribution is 2.34. The number of piperidine rings is 2. The minimum Gasteiger partial charge on any atom is -0.378 e. The number of urea groups is 1. The summed E-state index contributed by atoms with van der Waals surface area (Å²) >= 11 is 0. The number of ether oxygens (including phenoxy) is 1. The van der Waals surface area contributed by atoms with E-state index in [4.69, 9.17) is 4.74 Å². The number of unbranched alkanes of at least 4 members (excludes halogenated alkanes) is 1. The molecule has 3 rings (SSSR count). The van der Waals surface area contributed by atoms with Gasteiger partial charge in [-0.05, 0) is 38.6 Å². The highest BCUT2D eigenvalue weighted by molar-refractivity contribution is 5.74. The van der Waals surface area contributed by atoms with Crippen LogP contribution in [0.25, 0.3) is 0 Å². The largest absolute Gasteiger partial charge is 0.378 e. The van der Waals surface area contributed by atoms with Gasteiger partial charge in [0, 0.05) is 31.2 Å². The molecule has 2 atom stereocenters. The Morgan fingerprint density at radius 1 is 1.18 bits per heavy atom. The van der Waals surface area contributed by atoms with Crippen molar-refractivity contribution in [3.63, 3.8) is 0 Å². The lowest BCUT2D eigenvalue weighted by Gasteiger charge is -2.49. The van der Waals surface area contributed by atoms with Crippen LogP contribution in [0.1, 0.15) is 51.9 Å². The van der Waals surface area contributed by atoms with Gasteiger partial charge in [0.25, 0.3) is 0 Å². The van der Waals surface area contributed by atoms with Gasteiger partial charge >= 0.3 is 6.03 Å². The van der Waals surface area contributed by atoms with Crippen molar-refractivity contribution < 1.29 is 9.53 Å². The van der Waals surface area contributed by atoms with E-state index in [1.165, 1.54) is 38.6 Å². The van der Waals surface area contributed by atoms with Crippen LogP contribution in [0.5, 0.6) is 0 Å². The van der Waals surface area contributed by atoms with Crippen molar-refractivity contribution in [3.05, 3.63) is 0 Å². The van der Waals surface area contributed by atoms with Gasteiger partial charge in [-0.2, -0.15) is 0 Å². The zero-order chi connectivity index (χ0) is 15.4. The van der Waals surface area contributed by atoms with E-state index in [0.717, 1.165) is 25.9 Å². The van der Waals surface area contributed by atoms with Crippen molar-refractivity contribution in [2.24, 2.45) is 0 Å². The van der Waals surface area contributed by atoms with Crippen molar-refractivity contribution in [2.45, 2.75) is 70.0 Å². The fourth-order valence-electron chi connectivity index (χ4n) is 4.33. The van der Waals surface area contributed by atoms with Crippen molar-refractivity contribution >= 4 is 6.03 Å². The molecule has 0 aromatic rings. The monoisotopic (exact) mass is 309 g/mol. The van der Waals surface area contributed by atoms with Crippen LogP contribution < -0.4 is 5.32 Å². The van der Waals surface area contributed by atoms with E-state index in [1.54, 1.807) is 0 Å². The van der Waals surface area contributed by atoms with E-state index in [1.807, 2.05) is 4.90 Å². The Morgan fingerprint density at radius 3 is 2.50 bits per heavy atom. The van der Waals surface area contributed by atoms with Crippen LogP contribution >= 0.6 is 0 Å². The van der Waals surface area contributed by atoms with E-state index in [0.29, 0.717) is 31.3 Å². The van der Waals surface area contributed by atoms with Gasteiger partial charge in [0.2, 0.25) is 0 Å². The average Bonchev–Trinajstić information content (AvgIpc) is 2.53. The maximum Gasteiger partial charge on any atom is 0.317 e. The maximum absolute atomic E-state index is 12.4. The Bertz CT molecular complexity index is 357. The molecule has 3 aliphatic heterocycles. The van der Waals surface area contributed by atoms with Crippen molar-refractivity contribution in [1.29, 1.82) is 0 Å². The number of fused-ring (bicyclic) bond motifs is 2. The van der Waals surface area contributed by atoms with Crippen LogP contribution in [0.3, 0.4) is 0 Å². The zero-order valence-corrected chi connectivity index (χ0v) is 13.9. The van der Waals surface area contributed by atoms with Crippen LogP contribution in [0.15, 0.2) is 0 Å². The standard InChI is InChI=1S/C17H31N3O2/c1-2-3-7-20-15-5-4-6-16(20)13-14(12-15)18-17(21)19-8-10-22-11-9-19/h14-16H,2-13H2,1H3,(H,18,21). The Kier molecular flexibility index (Phi) is 5.58. The lowest BCUT2D eigenvalue weighted by atomic mass is 9.81. The topological polar surface area (TPSA) is 44.8 Å². The third kappa shape index (κ3) is 3.74. The Morgan fingerprint density at radius 2 is 1.86 bits per heavy atom. The van der Waals surface area contributed by atoms with Crippen molar-refractivity contribution in [3.8, 4) is 0 Å². The van der Waals surface area contributed by atoms with E-state index < -0.39 is 0 Å². The van der Waals surface area contributed by atoms with Crippen LogP contribution in [0, 0.1) is 0 Å². The average molecular weight is 309 g/mol. The fraction of sp³-hybridized carbons (Fsp3) is 0.941. The number of rotatable bonds is 4. The molecule has 0 saturated carbocycles. The number of hydrogen-bond acceptors (Lipinski definition) is 3. The van der Waals surface area contributed by atoms with E-state index >= 15 is 0 Å². The van der Waals surface area contributed by atoms with E-state index in [-0.39, 0.29) is 6.03 Å². The van der Waals surface area contributed by atoms with E-state index in [2.05, 4.69) is 17.1 Å². The highest BCUT2D eigenvalue weighted by Gasteiger charge is 2.38. The van der Waals surface area contributed by atoms with E-state index in [9.17, 15) is 4.79 Å². The molecule has 0 aromatic heterocycles. The molecule has 3 saturated heterocycles. The summed E-state index contributed by atoms with van der Waals surface area (Å²) < 4.78 is 5.32. The van der Waals surface area contributed by atoms with Crippen LogP contribution in [-0.4, -0.2) is 66.8 Å². The molecule has 2 unspecified atom stereocenters. The second-order valence-electron chi connectivity index (χ2n) is 7.05. The minimum absolute atomic E-state index is 0.119. The lowest BCUT2D eigenvalue weighted by Crippen LogP contribution is -2.58. The summed E-state index contributed by atoms with van der Waals surface area (Å²) in [6.07, 6.45) is 8.83. The van der Waals surface area contributed by atoms with Crippen LogP contribution in [0.2, 0.25) is 0 Å². The molecular weight excluding hydrogens is 278 g/mol. The molecule has 1 N–H and O–H groups in total. The first-order valence-electron chi connectivity index (χ1n) is 9.17. The molecule has 5 nitrogen and oxygen atoms in total. The molecule has 0 aromatic carbocycles. The summed E-state index contributed by atoms with van der Waals surface area (Å²) in [6, 6.07) is 1.86.